The van der Waals surface area contributed by atoms with E-state index in [4.69, 9.17) is 0 Å². The highest BCUT2D eigenvalue weighted by Gasteiger charge is 2.38. The van der Waals surface area contributed by atoms with Gasteiger partial charge in [-0.3, -0.25) is 4.79 Å². The third-order valence-electron chi connectivity index (χ3n) is 2.77. The molecule has 0 spiro atoms. The lowest BCUT2D eigenvalue weighted by Gasteiger charge is -2.18. The van der Waals surface area contributed by atoms with Crippen LogP contribution in [0, 0.1) is 17.6 Å². The summed E-state index contributed by atoms with van der Waals surface area (Å²) in [4.78, 5) is 26.0. The van der Waals surface area contributed by atoms with E-state index in [0.29, 0.717) is 12.6 Å². The monoisotopic (exact) mass is 268 g/mol. The van der Waals surface area contributed by atoms with Gasteiger partial charge in [0.1, 0.15) is 18.2 Å². The van der Waals surface area contributed by atoms with Gasteiger partial charge in [0.15, 0.2) is 0 Å². The van der Waals surface area contributed by atoms with Crippen LogP contribution in [-0.4, -0.2) is 29.9 Å². The first-order chi connectivity index (χ1) is 8.90. The number of amides is 3. The fourth-order valence-corrected chi connectivity index (χ4v) is 2.03. The van der Waals surface area contributed by atoms with Gasteiger partial charge in [-0.1, -0.05) is 13.8 Å². The standard InChI is InChI=1S/C13H14F2N2O2/c1-8(2)6-16-7-12(18)17(13(16)19)11-4-3-9(14)5-10(11)15/h3-5,8H,6-7H2,1-2H3. The first kappa shape index (κ1) is 13.5. The van der Waals surface area contributed by atoms with Crippen LogP contribution in [0.5, 0.6) is 0 Å². The van der Waals surface area contributed by atoms with Crippen LogP contribution in [0.4, 0.5) is 19.3 Å². The highest BCUT2D eigenvalue weighted by molar-refractivity contribution is 6.19. The SMILES string of the molecule is CC(C)CN1CC(=O)N(c2ccc(F)cc2F)C1=O. The summed E-state index contributed by atoms with van der Waals surface area (Å²) < 4.78 is 26.5. The lowest BCUT2D eigenvalue weighted by Crippen LogP contribution is -2.35. The zero-order chi connectivity index (χ0) is 14.2. The number of imide groups is 1. The molecule has 0 saturated carbocycles. The smallest absolute Gasteiger partial charge is 0.314 e. The second-order valence-electron chi connectivity index (χ2n) is 4.88. The van der Waals surface area contributed by atoms with Crippen LogP contribution < -0.4 is 4.90 Å². The van der Waals surface area contributed by atoms with E-state index >= 15 is 0 Å². The summed E-state index contributed by atoms with van der Waals surface area (Å²) in [6, 6.07) is 2.20. The Kier molecular flexibility index (Phi) is 3.50. The summed E-state index contributed by atoms with van der Waals surface area (Å²) in [7, 11) is 0. The summed E-state index contributed by atoms with van der Waals surface area (Å²) in [5, 5.41) is 0. The lowest BCUT2D eigenvalue weighted by molar-refractivity contribution is -0.116. The van der Waals surface area contributed by atoms with Crippen molar-refractivity contribution in [2.24, 2.45) is 5.92 Å². The third-order valence-corrected chi connectivity index (χ3v) is 2.77. The number of hydrogen-bond donors (Lipinski definition) is 0. The molecule has 0 N–H and O–H groups in total. The van der Waals surface area contributed by atoms with Gasteiger partial charge in [-0.15, -0.1) is 0 Å². The van der Waals surface area contributed by atoms with Gasteiger partial charge in [-0.25, -0.2) is 18.5 Å². The summed E-state index contributed by atoms with van der Waals surface area (Å²) in [6.45, 7) is 4.18. The molecule has 4 nitrogen and oxygen atoms in total. The molecule has 0 aliphatic carbocycles. The van der Waals surface area contributed by atoms with Crippen LogP contribution in [0.2, 0.25) is 0 Å². The maximum absolute atomic E-state index is 13.6. The van der Waals surface area contributed by atoms with Gasteiger partial charge in [0.05, 0.1) is 5.69 Å². The predicted octanol–water partition coefficient (Wildman–Crippen LogP) is 2.39. The number of rotatable bonds is 3. The van der Waals surface area contributed by atoms with E-state index in [-0.39, 0.29) is 18.2 Å². The zero-order valence-electron chi connectivity index (χ0n) is 10.7. The van der Waals surface area contributed by atoms with Crippen LogP contribution in [0.25, 0.3) is 0 Å². The van der Waals surface area contributed by atoms with Crippen molar-refractivity contribution in [1.29, 1.82) is 0 Å². The molecule has 19 heavy (non-hydrogen) atoms. The van der Waals surface area contributed by atoms with E-state index in [1.54, 1.807) is 0 Å². The topological polar surface area (TPSA) is 40.6 Å². The molecule has 2 rings (SSSR count). The first-order valence-corrected chi connectivity index (χ1v) is 5.97. The molecule has 1 aliphatic heterocycles. The van der Waals surface area contributed by atoms with Crippen LogP contribution in [0.1, 0.15) is 13.8 Å². The molecular formula is C13H14F2N2O2. The largest absolute Gasteiger partial charge is 0.331 e. The molecule has 0 atom stereocenters. The minimum absolute atomic E-state index is 0.0756. The van der Waals surface area contributed by atoms with Crippen molar-refractivity contribution in [2.75, 3.05) is 18.0 Å². The van der Waals surface area contributed by atoms with E-state index in [0.717, 1.165) is 17.0 Å². The molecule has 1 fully saturated rings. The van der Waals surface area contributed by atoms with E-state index in [9.17, 15) is 18.4 Å². The highest BCUT2D eigenvalue weighted by atomic mass is 19.1. The Morgan fingerprint density at radius 1 is 1.26 bits per heavy atom. The van der Waals surface area contributed by atoms with Gasteiger partial charge in [0.25, 0.3) is 5.91 Å². The molecule has 6 heteroatoms. The van der Waals surface area contributed by atoms with Crippen LogP contribution in [0.3, 0.4) is 0 Å². The highest BCUT2D eigenvalue weighted by Crippen LogP contribution is 2.25. The second-order valence-corrected chi connectivity index (χ2v) is 4.88. The van der Waals surface area contributed by atoms with Gasteiger partial charge in [0, 0.05) is 12.6 Å². The van der Waals surface area contributed by atoms with E-state index < -0.39 is 23.6 Å². The summed E-state index contributed by atoms with van der Waals surface area (Å²) in [5.74, 6) is -1.97. The van der Waals surface area contributed by atoms with Crippen molar-refractivity contribution in [3.8, 4) is 0 Å². The maximum Gasteiger partial charge on any atom is 0.331 e. The van der Waals surface area contributed by atoms with Crippen molar-refractivity contribution in [3.05, 3.63) is 29.8 Å². The van der Waals surface area contributed by atoms with Crippen molar-refractivity contribution >= 4 is 17.6 Å². The Balaban J connectivity index is 2.30. The fraction of sp³-hybridized carbons (Fsp3) is 0.385. The van der Waals surface area contributed by atoms with E-state index in [1.165, 1.54) is 4.90 Å². The number of anilines is 1. The molecule has 0 bridgehead atoms. The third kappa shape index (κ3) is 2.57. The molecule has 102 valence electrons. The Labute approximate surface area is 109 Å². The molecule has 1 heterocycles. The van der Waals surface area contributed by atoms with Gasteiger partial charge >= 0.3 is 6.03 Å². The minimum Gasteiger partial charge on any atom is -0.314 e. The molecule has 1 aliphatic rings. The van der Waals surface area contributed by atoms with Gasteiger partial charge in [-0.05, 0) is 18.1 Å². The summed E-state index contributed by atoms with van der Waals surface area (Å²) in [5.41, 5.74) is -0.206. The average molecular weight is 268 g/mol. The summed E-state index contributed by atoms with van der Waals surface area (Å²) in [6.07, 6.45) is 0. The van der Waals surface area contributed by atoms with Crippen molar-refractivity contribution in [1.82, 2.24) is 4.90 Å². The van der Waals surface area contributed by atoms with E-state index in [2.05, 4.69) is 0 Å². The van der Waals surface area contributed by atoms with Gasteiger partial charge in [-0.2, -0.15) is 0 Å². The van der Waals surface area contributed by atoms with Crippen LogP contribution in [0.15, 0.2) is 18.2 Å². The normalized spacial score (nSPS) is 15.8. The number of carbonyl (C=O) groups excluding carboxylic acids is 2. The molecule has 1 saturated heterocycles. The number of urea groups is 1. The predicted molar refractivity (Wildman–Crippen MR) is 65.7 cm³/mol. The van der Waals surface area contributed by atoms with Gasteiger partial charge in [0.2, 0.25) is 0 Å². The molecule has 0 aromatic heterocycles. The molecule has 1 aromatic rings. The van der Waals surface area contributed by atoms with Crippen molar-refractivity contribution in [3.63, 3.8) is 0 Å². The summed E-state index contributed by atoms with van der Waals surface area (Å²) >= 11 is 0. The molecular weight excluding hydrogens is 254 g/mol. The van der Waals surface area contributed by atoms with E-state index in [1.807, 2.05) is 13.8 Å². The molecule has 1 aromatic carbocycles. The van der Waals surface area contributed by atoms with Crippen LogP contribution >= 0.6 is 0 Å². The average Bonchev–Trinajstić information content (AvgIpc) is 2.55. The number of carbonyl (C=O) groups is 2. The molecule has 0 unspecified atom stereocenters. The first-order valence-electron chi connectivity index (χ1n) is 5.97. The molecule has 0 radical (unpaired) electrons. The number of nitrogens with zero attached hydrogens (tertiary/aromatic N) is 2. The maximum atomic E-state index is 13.6. The quantitative estimate of drug-likeness (QED) is 0.790. The van der Waals surface area contributed by atoms with Crippen molar-refractivity contribution < 1.29 is 18.4 Å². The Morgan fingerprint density at radius 2 is 1.95 bits per heavy atom. The van der Waals surface area contributed by atoms with Crippen molar-refractivity contribution in [2.45, 2.75) is 13.8 Å². The second kappa shape index (κ2) is 4.95. The Bertz CT molecular complexity index is 531. The molecule has 3 amide bonds. The number of hydrogen-bond acceptors (Lipinski definition) is 2. The number of halogens is 2. The Morgan fingerprint density at radius 3 is 2.53 bits per heavy atom. The minimum atomic E-state index is -0.923. The number of benzene rings is 1. The van der Waals surface area contributed by atoms with Crippen LogP contribution in [-0.2, 0) is 4.79 Å². The zero-order valence-corrected chi connectivity index (χ0v) is 10.7. The lowest BCUT2D eigenvalue weighted by atomic mass is 10.2. The fourth-order valence-electron chi connectivity index (χ4n) is 2.03. The Hall–Kier alpha value is -1.98. The van der Waals surface area contributed by atoms with Gasteiger partial charge < -0.3 is 4.90 Å².